The van der Waals surface area contributed by atoms with Gasteiger partial charge in [0.15, 0.2) is 28.8 Å². The van der Waals surface area contributed by atoms with Crippen molar-refractivity contribution in [1.82, 2.24) is 39.5 Å². The third-order valence-corrected chi connectivity index (χ3v) is 15.6. The van der Waals surface area contributed by atoms with E-state index in [9.17, 15) is 28.0 Å². The van der Waals surface area contributed by atoms with Crippen molar-refractivity contribution in [3.8, 4) is 45.5 Å². The monoisotopic (exact) mass is 1330 g/mol. The molecule has 19 nitrogen and oxygen atoms in total. The number of hydrogen-bond donors (Lipinski definition) is 3. The lowest BCUT2D eigenvalue weighted by molar-refractivity contribution is 0.0685. The number of halogens is 4. The number of carboxylic acids is 1. The van der Waals surface area contributed by atoms with Gasteiger partial charge in [0.1, 0.15) is 21.7 Å². The summed E-state index contributed by atoms with van der Waals surface area (Å²) in [5, 5.41) is 20.5. The van der Waals surface area contributed by atoms with Crippen LogP contribution in [0.4, 0.5) is 31.8 Å². The van der Waals surface area contributed by atoms with Crippen LogP contribution in [0.5, 0.6) is 23.3 Å². The molecule has 97 heavy (non-hydrogen) atoms. The number of ether oxygens (including phenoxy) is 2. The van der Waals surface area contributed by atoms with E-state index < -0.39 is 40.1 Å². The zero-order valence-electron chi connectivity index (χ0n) is 51.0. The molecular formula is C74H54Cl2F2N12O7. The number of nitrogens with zero attached hydrogens (tertiary/aromatic N) is 10. The van der Waals surface area contributed by atoms with E-state index in [2.05, 4.69) is 35.5 Å². The van der Waals surface area contributed by atoms with Crippen molar-refractivity contribution in [2.24, 2.45) is 9.98 Å². The lowest BCUT2D eigenvalue weighted by Crippen LogP contribution is -2.27. The van der Waals surface area contributed by atoms with E-state index in [1.807, 2.05) is 121 Å². The molecule has 0 radical (unpaired) electrons. The summed E-state index contributed by atoms with van der Waals surface area (Å²) in [5.74, 6) is -0.957. The van der Waals surface area contributed by atoms with Crippen molar-refractivity contribution < 1.29 is 33.0 Å². The summed E-state index contributed by atoms with van der Waals surface area (Å²) in [6.07, 6.45) is 12.8. The fourth-order valence-electron chi connectivity index (χ4n) is 9.74. The first-order valence-corrected chi connectivity index (χ1v) is 31.0. The fourth-order valence-corrected chi connectivity index (χ4v) is 10.1. The van der Waals surface area contributed by atoms with Crippen molar-refractivity contribution >= 4 is 69.5 Å². The minimum absolute atomic E-state index is 0.101. The number of pyridine rings is 4. The van der Waals surface area contributed by atoms with Gasteiger partial charge < -0.3 is 25.6 Å². The van der Waals surface area contributed by atoms with E-state index in [1.54, 1.807) is 65.9 Å². The second-order valence-corrected chi connectivity index (χ2v) is 22.7. The number of rotatable bonds is 17. The van der Waals surface area contributed by atoms with Crippen molar-refractivity contribution in [1.29, 1.82) is 0 Å². The van der Waals surface area contributed by atoms with Crippen molar-refractivity contribution in [2.45, 2.75) is 37.8 Å². The Kier molecular flexibility index (Phi) is 19.9. The second-order valence-electron chi connectivity index (χ2n) is 21.9. The highest BCUT2D eigenvalue weighted by molar-refractivity contribution is 6.35. The predicted molar refractivity (Wildman–Crippen MR) is 367 cm³/mol. The second kappa shape index (κ2) is 29.8. The normalized spacial score (nSPS) is 12.1. The predicted octanol–water partition coefficient (Wildman–Crippen LogP) is 15.8. The first-order chi connectivity index (χ1) is 47.2. The average molecular weight is 1330 g/mol. The van der Waals surface area contributed by atoms with Crippen LogP contribution in [0.3, 0.4) is 0 Å². The van der Waals surface area contributed by atoms with Gasteiger partial charge in [-0.1, -0.05) is 169 Å². The van der Waals surface area contributed by atoms with Gasteiger partial charge in [0.25, 0.3) is 5.91 Å². The highest BCUT2D eigenvalue weighted by Gasteiger charge is 2.29. The number of anilines is 2. The summed E-state index contributed by atoms with van der Waals surface area (Å²) in [5.41, 5.74) is 11.2. The maximum Gasteiger partial charge on any atom is 0.360 e. The average Bonchev–Trinajstić information content (AvgIpc) is 1.80. The van der Waals surface area contributed by atoms with Gasteiger partial charge in [0.05, 0.1) is 47.3 Å². The Bertz CT molecular complexity index is 4910. The van der Waals surface area contributed by atoms with Gasteiger partial charge in [0.2, 0.25) is 28.3 Å². The number of carbonyl (C=O) groups is 2. The third kappa shape index (κ3) is 16.2. The van der Waals surface area contributed by atoms with E-state index in [4.69, 9.17) is 53.5 Å². The van der Waals surface area contributed by atoms with Crippen LogP contribution < -0.4 is 31.4 Å². The van der Waals surface area contributed by atoms with Crippen LogP contribution in [0.1, 0.15) is 81.0 Å². The minimum Gasteiger partial charge on any atom is -0.476 e. The van der Waals surface area contributed by atoms with Crippen LogP contribution in [0.15, 0.2) is 263 Å². The first-order valence-electron chi connectivity index (χ1n) is 30.2. The molecular weight excluding hydrogens is 1280 g/mol. The number of benzene rings is 6. The Balaban J connectivity index is 0.000000154. The summed E-state index contributed by atoms with van der Waals surface area (Å²) < 4.78 is 41.4. The van der Waals surface area contributed by atoms with Crippen molar-refractivity contribution in [2.75, 3.05) is 11.1 Å². The summed E-state index contributed by atoms with van der Waals surface area (Å²) >= 11 is 13.3. The summed E-state index contributed by atoms with van der Waals surface area (Å²) in [7, 11) is 0. The highest BCUT2D eigenvalue weighted by Crippen LogP contribution is 2.39. The Morgan fingerprint density at radius 2 is 0.897 bits per heavy atom. The molecule has 0 spiro atoms. The maximum absolute atomic E-state index is 13.5. The number of aliphatic imine (C=N–C) groups is 2. The molecule has 2 fully saturated rings. The number of nitrogens with two attached hydrogens (primary N) is 1. The fraction of sp³-hybridized carbons (Fsp3) is 0.0811. The lowest BCUT2D eigenvalue weighted by atomic mass is 10.0. The number of carbonyl (C=O) groups excluding carboxylic acids is 1. The molecule has 0 atom stereocenters. The Labute approximate surface area is 562 Å². The Morgan fingerprint density at radius 1 is 0.505 bits per heavy atom. The number of amides is 1. The zero-order chi connectivity index (χ0) is 67.4. The quantitative estimate of drug-likeness (QED) is 0.0717. The molecule has 0 bridgehead atoms. The highest BCUT2D eigenvalue weighted by atomic mass is 35.5. The van der Waals surface area contributed by atoms with E-state index in [1.165, 1.54) is 65.6 Å². The van der Waals surface area contributed by atoms with Crippen LogP contribution in [0, 0.1) is 11.6 Å². The van der Waals surface area contributed by atoms with Crippen LogP contribution in [0.2, 0.25) is 10.0 Å². The smallest absolute Gasteiger partial charge is 0.360 e. The molecule has 6 aromatic carbocycles. The number of aromatic carboxylic acids is 1. The van der Waals surface area contributed by atoms with Crippen molar-refractivity contribution in [3.63, 3.8) is 0 Å². The molecule has 480 valence electrons. The summed E-state index contributed by atoms with van der Waals surface area (Å²) in [6.45, 7) is 0. The van der Waals surface area contributed by atoms with Crippen molar-refractivity contribution in [3.05, 3.63) is 319 Å². The van der Waals surface area contributed by atoms with E-state index >= 15 is 0 Å². The maximum atomic E-state index is 13.5. The molecule has 6 heterocycles. The number of nitrogens with one attached hydrogen (secondary N) is 1. The number of nitrogen functional groups attached to an aromatic ring is 1. The standard InChI is InChI=1S/C37H26ClFN6O3.C23H17ClN4O.C14H11FN2O3/c38-32-30(19-20-40-36(32)43-33(24-7-3-1-4-8-24)25-9-5-2-6-10-25)48-31-18-15-27(21-41-31)42-37(47)34-35(46)29(22-45(44-34)28-16-17-28)23-11-13-26(39)14-12-23;24-21-19(29-20-12-11-18(25)15-27-20)13-14-26-23(21)28-22(16-7-3-1-4-8-16)17-9-5-2-6-10-17;15-9-3-1-8(2-4-9)11-7-17(10-5-6-10)16-12(13(11)18)14(19)20/h1-15,18-22,28H,16-17H2,(H,42,47);1-15H,25H2;1-4,7,10H,5-6H2,(H,19,20). The molecule has 2 saturated carbocycles. The number of aromatic nitrogens is 8. The molecule has 12 aromatic rings. The van der Waals surface area contributed by atoms with Gasteiger partial charge in [-0.15, -0.1) is 0 Å². The molecule has 2 aliphatic rings. The minimum atomic E-state index is -1.35. The summed E-state index contributed by atoms with van der Waals surface area (Å²) in [4.78, 5) is 76.6. The van der Waals surface area contributed by atoms with Gasteiger partial charge in [-0.05, 0) is 73.2 Å². The zero-order valence-corrected chi connectivity index (χ0v) is 52.5. The Morgan fingerprint density at radius 3 is 1.27 bits per heavy atom. The topological polar surface area (TPSA) is 257 Å². The molecule has 6 aromatic heterocycles. The van der Waals surface area contributed by atoms with E-state index in [0.29, 0.717) is 50.7 Å². The summed E-state index contributed by atoms with van der Waals surface area (Å²) in [6, 6.07) is 60.2. The number of hydrogen-bond acceptors (Lipinski definition) is 15. The van der Waals surface area contributed by atoms with Crippen LogP contribution >= 0.6 is 23.2 Å². The van der Waals surface area contributed by atoms with Gasteiger partial charge >= 0.3 is 5.97 Å². The van der Waals surface area contributed by atoms with Gasteiger partial charge in [-0.2, -0.15) is 10.2 Å². The van der Waals surface area contributed by atoms with Gasteiger partial charge in [-0.25, -0.2) is 43.5 Å². The largest absolute Gasteiger partial charge is 0.476 e. The molecule has 14 rings (SSSR count). The van der Waals surface area contributed by atoms with Crippen LogP contribution in [-0.4, -0.2) is 67.9 Å². The third-order valence-electron chi connectivity index (χ3n) is 14.9. The van der Waals surface area contributed by atoms with Crippen LogP contribution in [-0.2, 0) is 0 Å². The van der Waals surface area contributed by atoms with Gasteiger partial charge in [0, 0.05) is 82.4 Å². The lowest BCUT2D eigenvalue weighted by Gasteiger charge is -2.12. The molecule has 2 aliphatic carbocycles. The molecule has 1 amide bonds. The molecule has 4 N–H and O–H groups in total. The van der Waals surface area contributed by atoms with E-state index in [0.717, 1.165) is 53.6 Å². The molecule has 23 heteroatoms. The SMILES string of the molecule is Nc1ccc(Oc2ccnc(N=C(c3ccccc3)c3ccccc3)c2Cl)nc1.O=C(Nc1ccc(Oc2ccnc(N=C(c3ccccc3)c3ccccc3)c2Cl)nc1)c1nn(C2CC2)cc(-c2ccc(F)cc2)c1=O.O=C(O)c1nn(C2CC2)cc(-c2ccc(F)cc2)c1=O. The molecule has 0 saturated heterocycles. The first kappa shape index (κ1) is 64.9. The molecule has 0 unspecified atom stereocenters. The molecule has 0 aliphatic heterocycles. The van der Waals surface area contributed by atoms with E-state index in [-0.39, 0.29) is 51.4 Å². The Hall–Kier alpha value is -12.2. The van der Waals surface area contributed by atoms with Crippen LogP contribution in [0.25, 0.3) is 22.3 Å². The number of carboxylic acid groups (broad SMARTS) is 1. The van der Waals surface area contributed by atoms with Gasteiger partial charge in [-0.3, -0.25) is 23.7 Å².